The summed E-state index contributed by atoms with van der Waals surface area (Å²) in [5, 5.41) is 4.39. The van der Waals surface area contributed by atoms with Crippen LogP contribution in [-0.4, -0.2) is 26.4 Å². The van der Waals surface area contributed by atoms with Crippen molar-refractivity contribution in [2.24, 2.45) is 7.05 Å². The molecule has 0 amide bonds. The van der Waals surface area contributed by atoms with E-state index in [0.29, 0.717) is 5.88 Å². The molecular weight excluding hydrogens is 242 g/mol. The van der Waals surface area contributed by atoms with Gasteiger partial charge in [0, 0.05) is 20.0 Å². The summed E-state index contributed by atoms with van der Waals surface area (Å²) in [4.78, 5) is 4.71. The number of hydrogen-bond donors (Lipinski definition) is 1. The Kier molecular flexibility index (Phi) is 2.73. The molecule has 0 aliphatic carbocycles. The number of nitrogens with zero attached hydrogens (tertiary/aromatic N) is 4. The topological polar surface area (TPSA) is 70.9 Å². The van der Waals surface area contributed by atoms with Gasteiger partial charge < -0.3 is 15.0 Å². The Labute approximate surface area is 112 Å². The molecule has 1 aliphatic rings. The minimum Gasteiger partial charge on any atom is -0.481 e. The molecule has 2 aromatic heterocycles. The van der Waals surface area contributed by atoms with Crippen LogP contribution in [-0.2, 0) is 20.0 Å². The van der Waals surface area contributed by atoms with Crippen molar-refractivity contribution in [3.8, 4) is 17.1 Å². The first kappa shape index (κ1) is 12.1. The van der Waals surface area contributed by atoms with Crippen LogP contribution < -0.4 is 10.5 Å². The van der Waals surface area contributed by atoms with Crippen molar-refractivity contribution in [3.05, 3.63) is 11.5 Å². The van der Waals surface area contributed by atoms with Gasteiger partial charge in [-0.3, -0.25) is 0 Å². The standard InChI is InChI=1S/C13H19N5O/c1-8-10(13(19-3)17(2)16-8)11-12(14)18-7-5-4-6-9(18)15-11/h4-7,14H2,1-3H3. The summed E-state index contributed by atoms with van der Waals surface area (Å²) in [7, 11) is 3.51. The zero-order valence-electron chi connectivity index (χ0n) is 11.6. The Balaban J connectivity index is 2.20. The van der Waals surface area contributed by atoms with Gasteiger partial charge in [0.1, 0.15) is 17.3 Å². The summed E-state index contributed by atoms with van der Waals surface area (Å²) in [6, 6.07) is 0. The van der Waals surface area contributed by atoms with E-state index < -0.39 is 0 Å². The molecule has 0 saturated heterocycles. The molecule has 3 rings (SSSR count). The molecule has 0 aromatic carbocycles. The molecule has 6 heteroatoms. The summed E-state index contributed by atoms with van der Waals surface area (Å²) in [5.74, 6) is 2.51. The van der Waals surface area contributed by atoms with Gasteiger partial charge in [0.05, 0.1) is 18.4 Å². The van der Waals surface area contributed by atoms with E-state index in [4.69, 9.17) is 15.5 Å². The lowest BCUT2D eigenvalue weighted by atomic mass is 10.2. The summed E-state index contributed by atoms with van der Waals surface area (Å²) < 4.78 is 9.27. The molecule has 0 fully saturated rings. The van der Waals surface area contributed by atoms with Gasteiger partial charge in [0.25, 0.3) is 0 Å². The molecule has 6 nitrogen and oxygen atoms in total. The monoisotopic (exact) mass is 261 g/mol. The van der Waals surface area contributed by atoms with Crippen LogP contribution in [0.2, 0.25) is 0 Å². The number of fused-ring (bicyclic) bond motifs is 1. The zero-order chi connectivity index (χ0) is 13.6. The Hall–Kier alpha value is -1.98. The average Bonchev–Trinajstić information content (AvgIpc) is 2.87. The molecule has 2 aromatic rings. The molecule has 0 saturated carbocycles. The average molecular weight is 261 g/mol. The van der Waals surface area contributed by atoms with Gasteiger partial charge in [0.2, 0.25) is 5.88 Å². The number of aromatic nitrogens is 4. The lowest BCUT2D eigenvalue weighted by Gasteiger charge is -2.14. The number of imidazole rings is 1. The largest absolute Gasteiger partial charge is 0.481 e. The third kappa shape index (κ3) is 1.70. The minimum atomic E-state index is 0.708. The van der Waals surface area contributed by atoms with Crippen LogP contribution in [0.5, 0.6) is 5.88 Å². The van der Waals surface area contributed by atoms with Gasteiger partial charge in [-0.1, -0.05) is 0 Å². The van der Waals surface area contributed by atoms with Gasteiger partial charge in [-0.25, -0.2) is 9.67 Å². The molecule has 0 unspecified atom stereocenters. The fraction of sp³-hybridized carbons (Fsp3) is 0.538. The van der Waals surface area contributed by atoms with Crippen molar-refractivity contribution in [2.75, 3.05) is 12.8 Å². The maximum absolute atomic E-state index is 6.27. The third-order valence-corrected chi connectivity index (χ3v) is 3.72. The molecular formula is C13H19N5O. The SMILES string of the molecule is COc1c(-c2nc3n(c2N)CCCC3)c(C)nn1C. The second kappa shape index (κ2) is 4.29. The lowest BCUT2D eigenvalue weighted by Crippen LogP contribution is -2.12. The number of rotatable bonds is 2. The van der Waals surface area contributed by atoms with E-state index >= 15 is 0 Å². The highest BCUT2D eigenvalue weighted by Gasteiger charge is 2.25. The Morgan fingerprint density at radius 1 is 1.32 bits per heavy atom. The number of nitrogens with two attached hydrogens (primary N) is 1. The van der Waals surface area contributed by atoms with Crippen molar-refractivity contribution in [3.63, 3.8) is 0 Å². The Morgan fingerprint density at radius 3 is 2.79 bits per heavy atom. The first-order valence-electron chi connectivity index (χ1n) is 6.56. The second-order valence-electron chi connectivity index (χ2n) is 4.96. The molecule has 0 spiro atoms. The van der Waals surface area contributed by atoms with Crippen LogP contribution in [0.1, 0.15) is 24.4 Å². The Bertz CT molecular complexity index is 626. The number of aryl methyl sites for hydroxylation is 3. The predicted molar refractivity (Wildman–Crippen MR) is 73.1 cm³/mol. The van der Waals surface area contributed by atoms with E-state index in [2.05, 4.69) is 9.67 Å². The highest BCUT2D eigenvalue weighted by Crippen LogP contribution is 2.37. The number of nitrogen functional groups attached to an aromatic ring is 1. The van der Waals surface area contributed by atoms with Crippen molar-refractivity contribution in [1.82, 2.24) is 19.3 Å². The van der Waals surface area contributed by atoms with Crippen molar-refractivity contribution < 1.29 is 4.74 Å². The fourth-order valence-corrected chi connectivity index (χ4v) is 2.83. The maximum Gasteiger partial charge on any atom is 0.221 e. The number of hydrogen-bond acceptors (Lipinski definition) is 4. The predicted octanol–water partition coefficient (Wildman–Crippen LogP) is 1.52. The molecule has 3 heterocycles. The van der Waals surface area contributed by atoms with Gasteiger partial charge in [-0.2, -0.15) is 5.10 Å². The first-order chi connectivity index (χ1) is 9.13. The molecule has 102 valence electrons. The molecule has 2 N–H and O–H groups in total. The quantitative estimate of drug-likeness (QED) is 0.889. The maximum atomic E-state index is 6.27. The van der Waals surface area contributed by atoms with Gasteiger partial charge in [0.15, 0.2) is 0 Å². The molecule has 0 radical (unpaired) electrons. The van der Waals surface area contributed by atoms with E-state index in [1.54, 1.807) is 11.8 Å². The highest BCUT2D eigenvalue weighted by atomic mass is 16.5. The van der Waals surface area contributed by atoms with Gasteiger partial charge in [-0.15, -0.1) is 0 Å². The van der Waals surface area contributed by atoms with E-state index in [-0.39, 0.29) is 0 Å². The summed E-state index contributed by atoms with van der Waals surface area (Å²) in [6.07, 6.45) is 3.33. The third-order valence-electron chi connectivity index (χ3n) is 3.72. The summed E-state index contributed by atoms with van der Waals surface area (Å²) in [6.45, 7) is 2.91. The van der Waals surface area contributed by atoms with Gasteiger partial charge >= 0.3 is 0 Å². The normalized spacial score (nSPS) is 14.5. The zero-order valence-corrected chi connectivity index (χ0v) is 11.6. The molecule has 0 bridgehead atoms. The molecule has 0 atom stereocenters. The molecule has 1 aliphatic heterocycles. The van der Waals surface area contributed by atoms with Gasteiger partial charge in [-0.05, 0) is 19.8 Å². The summed E-state index contributed by atoms with van der Waals surface area (Å²) in [5.41, 5.74) is 8.87. The van der Waals surface area contributed by atoms with Crippen LogP contribution in [0.3, 0.4) is 0 Å². The van der Waals surface area contributed by atoms with Crippen LogP contribution in [0.25, 0.3) is 11.3 Å². The summed E-state index contributed by atoms with van der Waals surface area (Å²) >= 11 is 0. The van der Waals surface area contributed by atoms with Crippen molar-refractivity contribution in [1.29, 1.82) is 0 Å². The van der Waals surface area contributed by atoms with E-state index in [1.165, 1.54) is 6.42 Å². The number of methoxy groups -OCH3 is 1. The van der Waals surface area contributed by atoms with Crippen LogP contribution in [0, 0.1) is 6.92 Å². The molecule has 19 heavy (non-hydrogen) atoms. The Morgan fingerprint density at radius 2 is 2.11 bits per heavy atom. The fourth-order valence-electron chi connectivity index (χ4n) is 2.83. The smallest absolute Gasteiger partial charge is 0.221 e. The lowest BCUT2D eigenvalue weighted by molar-refractivity contribution is 0.374. The van der Waals surface area contributed by atoms with Crippen molar-refractivity contribution in [2.45, 2.75) is 32.7 Å². The van der Waals surface area contributed by atoms with E-state index in [0.717, 1.165) is 48.0 Å². The number of anilines is 1. The first-order valence-corrected chi connectivity index (χ1v) is 6.56. The second-order valence-corrected chi connectivity index (χ2v) is 4.96. The van der Waals surface area contributed by atoms with Crippen LogP contribution >= 0.6 is 0 Å². The number of ether oxygens (including phenoxy) is 1. The minimum absolute atomic E-state index is 0.708. The highest BCUT2D eigenvalue weighted by molar-refractivity contribution is 5.77. The van der Waals surface area contributed by atoms with Crippen LogP contribution in [0.4, 0.5) is 5.82 Å². The van der Waals surface area contributed by atoms with E-state index in [1.807, 2.05) is 14.0 Å². The van der Waals surface area contributed by atoms with Crippen LogP contribution in [0.15, 0.2) is 0 Å². The van der Waals surface area contributed by atoms with Crippen molar-refractivity contribution >= 4 is 5.82 Å². The van der Waals surface area contributed by atoms with E-state index in [9.17, 15) is 0 Å².